The largest absolute Gasteiger partial charge is 0.481 e. The molecule has 0 amide bonds. The molecule has 2 rings (SSSR count). The summed E-state index contributed by atoms with van der Waals surface area (Å²) in [6, 6.07) is 7.04. The van der Waals surface area contributed by atoms with E-state index < -0.39 is 11.9 Å². The van der Waals surface area contributed by atoms with Crippen LogP contribution >= 0.6 is 11.6 Å². The first-order chi connectivity index (χ1) is 8.58. The summed E-state index contributed by atoms with van der Waals surface area (Å²) >= 11 is 5.78. The van der Waals surface area contributed by atoms with Gasteiger partial charge in [-0.1, -0.05) is 23.7 Å². The van der Waals surface area contributed by atoms with E-state index in [4.69, 9.17) is 11.6 Å². The molecular weight excluding hydrogens is 256 g/mol. The molecule has 0 saturated heterocycles. The van der Waals surface area contributed by atoms with Gasteiger partial charge in [-0.25, -0.2) is 4.68 Å². The highest BCUT2D eigenvalue weighted by atomic mass is 35.5. The van der Waals surface area contributed by atoms with Gasteiger partial charge in [-0.2, -0.15) is 0 Å². The van der Waals surface area contributed by atoms with Gasteiger partial charge in [0, 0.05) is 12.1 Å². The standard InChI is InChI=1S/C11H11ClN4O2/c1-16-10(13-14-15-16)9(11(17)18)6-7-2-4-8(12)5-3-7/h2-5,9H,6H2,1H3,(H,17,18). The van der Waals surface area contributed by atoms with Crippen LogP contribution in [0.4, 0.5) is 0 Å². The van der Waals surface area contributed by atoms with Crippen molar-refractivity contribution in [2.45, 2.75) is 12.3 Å². The number of hydrogen-bond donors (Lipinski definition) is 1. The zero-order valence-electron chi connectivity index (χ0n) is 9.62. The molecule has 0 aliphatic carbocycles. The first-order valence-corrected chi connectivity index (χ1v) is 5.65. The molecule has 0 radical (unpaired) electrons. The van der Waals surface area contributed by atoms with Crippen molar-refractivity contribution in [1.82, 2.24) is 20.2 Å². The molecule has 6 nitrogen and oxygen atoms in total. The van der Waals surface area contributed by atoms with Crippen LogP contribution in [0.1, 0.15) is 17.3 Å². The van der Waals surface area contributed by atoms with E-state index in [0.717, 1.165) is 5.56 Å². The number of aliphatic carboxylic acids is 1. The number of benzene rings is 1. The van der Waals surface area contributed by atoms with Gasteiger partial charge in [-0.3, -0.25) is 4.79 Å². The smallest absolute Gasteiger partial charge is 0.314 e. The Morgan fingerprint density at radius 2 is 2.11 bits per heavy atom. The molecule has 1 atom stereocenters. The maximum atomic E-state index is 11.3. The van der Waals surface area contributed by atoms with E-state index in [-0.39, 0.29) is 0 Å². The van der Waals surface area contributed by atoms with Gasteiger partial charge < -0.3 is 5.11 Å². The number of carbonyl (C=O) groups is 1. The third-order valence-corrected chi connectivity index (χ3v) is 2.87. The summed E-state index contributed by atoms with van der Waals surface area (Å²) in [5.41, 5.74) is 0.870. The highest BCUT2D eigenvalue weighted by Gasteiger charge is 2.25. The van der Waals surface area contributed by atoms with E-state index in [1.807, 2.05) is 0 Å². The second-order valence-electron chi connectivity index (χ2n) is 3.88. The van der Waals surface area contributed by atoms with Gasteiger partial charge >= 0.3 is 5.97 Å². The van der Waals surface area contributed by atoms with Crippen molar-refractivity contribution in [2.75, 3.05) is 0 Å². The lowest BCUT2D eigenvalue weighted by molar-refractivity contribution is -0.139. The van der Waals surface area contributed by atoms with Crippen molar-refractivity contribution in [2.24, 2.45) is 7.05 Å². The van der Waals surface area contributed by atoms with Gasteiger partial charge in [-0.05, 0) is 34.5 Å². The average Bonchev–Trinajstić information content (AvgIpc) is 2.74. The second kappa shape index (κ2) is 5.14. The lowest BCUT2D eigenvalue weighted by atomic mass is 9.99. The van der Waals surface area contributed by atoms with E-state index in [2.05, 4.69) is 15.5 Å². The fourth-order valence-corrected chi connectivity index (χ4v) is 1.80. The molecule has 1 unspecified atom stereocenters. The predicted octanol–water partition coefficient (Wildman–Crippen LogP) is 1.27. The number of rotatable bonds is 4. The van der Waals surface area contributed by atoms with Gasteiger partial charge in [0.2, 0.25) is 0 Å². The molecule has 1 N–H and O–H groups in total. The van der Waals surface area contributed by atoms with E-state index in [9.17, 15) is 9.90 Å². The number of tetrazole rings is 1. The van der Waals surface area contributed by atoms with Crippen LogP contribution in [0.15, 0.2) is 24.3 Å². The van der Waals surface area contributed by atoms with E-state index >= 15 is 0 Å². The molecule has 0 saturated carbocycles. The minimum absolute atomic E-state index is 0.320. The summed E-state index contributed by atoms with van der Waals surface area (Å²) in [4.78, 5) is 11.3. The second-order valence-corrected chi connectivity index (χ2v) is 4.32. The minimum Gasteiger partial charge on any atom is -0.481 e. The molecule has 1 heterocycles. The van der Waals surface area contributed by atoms with Gasteiger partial charge in [-0.15, -0.1) is 5.10 Å². The minimum atomic E-state index is -0.956. The Bertz CT molecular complexity index is 552. The highest BCUT2D eigenvalue weighted by molar-refractivity contribution is 6.30. The topological polar surface area (TPSA) is 80.9 Å². The van der Waals surface area contributed by atoms with Crippen LogP contribution in [-0.4, -0.2) is 31.3 Å². The zero-order chi connectivity index (χ0) is 13.1. The molecule has 7 heteroatoms. The van der Waals surface area contributed by atoms with E-state index in [0.29, 0.717) is 17.3 Å². The summed E-state index contributed by atoms with van der Waals surface area (Å²) in [5.74, 6) is -1.40. The lowest BCUT2D eigenvalue weighted by Gasteiger charge is -2.10. The molecule has 0 aliphatic heterocycles. The summed E-state index contributed by atoms with van der Waals surface area (Å²) in [7, 11) is 1.62. The highest BCUT2D eigenvalue weighted by Crippen LogP contribution is 2.19. The van der Waals surface area contributed by atoms with Gasteiger partial charge in [0.25, 0.3) is 0 Å². The third-order valence-electron chi connectivity index (χ3n) is 2.62. The number of aryl methyl sites for hydroxylation is 1. The summed E-state index contributed by atoms with van der Waals surface area (Å²) in [6.45, 7) is 0. The summed E-state index contributed by atoms with van der Waals surface area (Å²) in [6.07, 6.45) is 0.320. The molecular formula is C11H11ClN4O2. The lowest BCUT2D eigenvalue weighted by Crippen LogP contribution is -2.18. The van der Waals surface area contributed by atoms with Crippen LogP contribution < -0.4 is 0 Å². The number of carboxylic acids is 1. The number of nitrogens with zero attached hydrogens (tertiary/aromatic N) is 4. The number of hydrogen-bond acceptors (Lipinski definition) is 4. The Balaban J connectivity index is 2.25. The van der Waals surface area contributed by atoms with Crippen LogP contribution in [0.3, 0.4) is 0 Å². The van der Waals surface area contributed by atoms with E-state index in [1.54, 1.807) is 31.3 Å². The molecule has 2 aromatic rings. The third kappa shape index (κ3) is 2.65. The fourth-order valence-electron chi connectivity index (χ4n) is 1.68. The van der Waals surface area contributed by atoms with Crippen molar-refractivity contribution in [3.8, 4) is 0 Å². The Morgan fingerprint density at radius 1 is 1.44 bits per heavy atom. The summed E-state index contributed by atoms with van der Waals surface area (Å²) < 4.78 is 1.37. The first kappa shape index (κ1) is 12.5. The van der Waals surface area contributed by atoms with Crippen LogP contribution in [0.2, 0.25) is 5.02 Å². The van der Waals surface area contributed by atoms with Gasteiger partial charge in [0.05, 0.1) is 0 Å². The van der Waals surface area contributed by atoms with Crippen LogP contribution in [0.5, 0.6) is 0 Å². The predicted molar refractivity (Wildman–Crippen MR) is 64.3 cm³/mol. The van der Waals surface area contributed by atoms with Crippen molar-refractivity contribution in [3.05, 3.63) is 40.7 Å². The molecule has 0 aliphatic rings. The maximum Gasteiger partial charge on any atom is 0.314 e. The van der Waals surface area contributed by atoms with Gasteiger partial charge in [0.15, 0.2) is 5.82 Å². The monoisotopic (exact) mass is 266 g/mol. The Morgan fingerprint density at radius 3 is 2.61 bits per heavy atom. The normalized spacial score (nSPS) is 12.3. The SMILES string of the molecule is Cn1nnnc1C(Cc1ccc(Cl)cc1)C(=O)O. The first-order valence-electron chi connectivity index (χ1n) is 5.27. The molecule has 0 fully saturated rings. The molecule has 0 bridgehead atoms. The fraction of sp³-hybridized carbons (Fsp3) is 0.273. The number of carboxylic acid groups (broad SMARTS) is 1. The van der Waals surface area contributed by atoms with Crippen LogP contribution in [0.25, 0.3) is 0 Å². The Hall–Kier alpha value is -1.95. The van der Waals surface area contributed by atoms with Crippen molar-refractivity contribution in [1.29, 1.82) is 0 Å². The quantitative estimate of drug-likeness (QED) is 0.901. The van der Waals surface area contributed by atoms with Crippen molar-refractivity contribution < 1.29 is 9.90 Å². The number of halogens is 1. The maximum absolute atomic E-state index is 11.3. The zero-order valence-corrected chi connectivity index (χ0v) is 10.4. The molecule has 1 aromatic heterocycles. The van der Waals surface area contributed by atoms with Crippen LogP contribution in [0, 0.1) is 0 Å². The van der Waals surface area contributed by atoms with Gasteiger partial charge in [0.1, 0.15) is 5.92 Å². The summed E-state index contributed by atoms with van der Waals surface area (Å²) in [5, 5.41) is 20.7. The Labute approximate surface area is 108 Å². The number of aromatic nitrogens is 4. The Kier molecular flexibility index (Phi) is 3.57. The molecule has 0 spiro atoms. The van der Waals surface area contributed by atoms with Crippen molar-refractivity contribution in [3.63, 3.8) is 0 Å². The molecule has 18 heavy (non-hydrogen) atoms. The average molecular weight is 267 g/mol. The van der Waals surface area contributed by atoms with E-state index in [1.165, 1.54) is 4.68 Å². The van der Waals surface area contributed by atoms with Crippen molar-refractivity contribution >= 4 is 17.6 Å². The van der Waals surface area contributed by atoms with Crippen LogP contribution in [-0.2, 0) is 18.3 Å². The molecule has 1 aromatic carbocycles. The molecule has 94 valence electrons.